The van der Waals surface area contributed by atoms with Crippen molar-refractivity contribution < 1.29 is 23.8 Å². The average molecular weight is 434 g/mol. The van der Waals surface area contributed by atoms with Crippen LogP contribution in [0.3, 0.4) is 0 Å². The SMILES string of the molecule is C[C@H](C(=O)O)N1Cc2c(F)cc(-c3nc(CC4CCOCC4)ncc3Cl)cc2C1=O. The number of amides is 1. The highest BCUT2D eigenvalue weighted by Crippen LogP contribution is 2.34. The first-order valence-corrected chi connectivity index (χ1v) is 10.2. The third kappa shape index (κ3) is 3.89. The second-order valence-corrected chi connectivity index (χ2v) is 8.08. The first-order valence-electron chi connectivity index (χ1n) is 9.81. The lowest BCUT2D eigenvalue weighted by molar-refractivity contribution is -0.141. The molecule has 0 aliphatic carbocycles. The van der Waals surface area contributed by atoms with E-state index < -0.39 is 23.7 Å². The van der Waals surface area contributed by atoms with Crippen LogP contribution in [0.4, 0.5) is 4.39 Å². The molecule has 1 amide bonds. The number of hydrogen-bond acceptors (Lipinski definition) is 5. The summed E-state index contributed by atoms with van der Waals surface area (Å²) in [4.78, 5) is 34.0. The summed E-state index contributed by atoms with van der Waals surface area (Å²) in [5, 5.41) is 9.47. The molecule has 158 valence electrons. The van der Waals surface area contributed by atoms with Gasteiger partial charge in [0.1, 0.15) is 17.7 Å². The van der Waals surface area contributed by atoms with E-state index in [1.807, 2.05) is 0 Å². The Balaban J connectivity index is 1.66. The van der Waals surface area contributed by atoms with Crippen LogP contribution in [-0.2, 0) is 22.5 Å². The number of hydrogen-bond donors (Lipinski definition) is 1. The Morgan fingerprint density at radius 1 is 1.40 bits per heavy atom. The molecule has 2 aliphatic rings. The summed E-state index contributed by atoms with van der Waals surface area (Å²) in [6, 6.07) is 1.76. The van der Waals surface area contributed by atoms with E-state index in [-0.39, 0.29) is 22.7 Å². The van der Waals surface area contributed by atoms with Crippen molar-refractivity contribution >= 4 is 23.5 Å². The van der Waals surface area contributed by atoms with E-state index in [4.69, 9.17) is 16.3 Å². The van der Waals surface area contributed by atoms with Gasteiger partial charge in [0.05, 0.1) is 17.3 Å². The second-order valence-electron chi connectivity index (χ2n) is 7.67. The van der Waals surface area contributed by atoms with Crippen molar-refractivity contribution in [1.82, 2.24) is 14.9 Å². The molecule has 2 aliphatic heterocycles. The first-order chi connectivity index (χ1) is 14.3. The number of aromatic nitrogens is 2. The maximum absolute atomic E-state index is 14.8. The van der Waals surface area contributed by atoms with Gasteiger partial charge in [0.15, 0.2) is 0 Å². The van der Waals surface area contributed by atoms with E-state index in [1.165, 1.54) is 25.3 Å². The Morgan fingerprint density at radius 3 is 2.83 bits per heavy atom. The number of carbonyl (C=O) groups excluding carboxylic acids is 1. The van der Waals surface area contributed by atoms with E-state index in [0.29, 0.717) is 42.6 Å². The van der Waals surface area contributed by atoms with Crippen LogP contribution in [0.2, 0.25) is 5.02 Å². The molecule has 1 aromatic carbocycles. The van der Waals surface area contributed by atoms with E-state index >= 15 is 0 Å². The van der Waals surface area contributed by atoms with E-state index in [1.54, 1.807) is 0 Å². The molecular formula is C21H21ClFN3O4. The highest BCUT2D eigenvalue weighted by atomic mass is 35.5. The van der Waals surface area contributed by atoms with Gasteiger partial charge in [-0.3, -0.25) is 4.79 Å². The van der Waals surface area contributed by atoms with Gasteiger partial charge in [-0.2, -0.15) is 0 Å². The lowest BCUT2D eigenvalue weighted by Crippen LogP contribution is -2.38. The van der Waals surface area contributed by atoms with Gasteiger partial charge in [-0.05, 0) is 37.8 Å². The number of nitrogens with zero attached hydrogens (tertiary/aromatic N) is 3. The quantitative estimate of drug-likeness (QED) is 0.777. The molecule has 30 heavy (non-hydrogen) atoms. The lowest BCUT2D eigenvalue weighted by atomic mass is 9.96. The molecule has 1 saturated heterocycles. The highest BCUT2D eigenvalue weighted by molar-refractivity contribution is 6.32. The maximum Gasteiger partial charge on any atom is 0.326 e. The summed E-state index contributed by atoms with van der Waals surface area (Å²) in [5.74, 6) is -1.23. The van der Waals surface area contributed by atoms with Crippen LogP contribution in [0.5, 0.6) is 0 Å². The third-order valence-electron chi connectivity index (χ3n) is 5.72. The molecule has 7 nitrogen and oxygen atoms in total. The van der Waals surface area contributed by atoms with Gasteiger partial charge < -0.3 is 14.7 Å². The van der Waals surface area contributed by atoms with Crippen LogP contribution in [-0.4, -0.2) is 51.1 Å². The number of aliphatic carboxylic acids is 1. The summed E-state index contributed by atoms with van der Waals surface area (Å²) < 4.78 is 20.2. The molecule has 3 heterocycles. The number of carboxylic acid groups (broad SMARTS) is 1. The van der Waals surface area contributed by atoms with Gasteiger partial charge in [-0.25, -0.2) is 19.2 Å². The van der Waals surface area contributed by atoms with Crippen molar-refractivity contribution in [2.75, 3.05) is 13.2 Å². The van der Waals surface area contributed by atoms with Crippen molar-refractivity contribution in [3.05, 3.63) is 46.1 Å². The number of halogens is 2. The largest absolute Gasteiger partial charge is 0.480 e. The Kier molecular flexibility index (Phi) is 5.71. The third-order valence-corrected chi connectivity index (χ3v) is 6.00. The molecule has 1 atom stereocenters. The zero-order valence-electron chi connectivity index (χ0n) is 16.4. The molecule has 0 bridgehead atoms. The van der Waals surface area contributed by atoms with Gasteiger partial charge in [0.25, 0.3) is 5.91 Å². The molecule has 0 spiro atoms. The van der Waals surface area contributed by atoms with Crippen LogP contribution in [0.15, 0.2) is 18.3 Å². The first kappa shape index (κ1) is 20.7. The van der Waals surface area contributed by atoms with Crippen molar-refractivity contribution in [3.63, 3.8) is 0 Å². The Bertz CT molecular complexity index is 1010. The second kappa shape index (κ2) is 8.28. The molecule has 0 unspecified atom stereocenters. The number of fused-ring (bicyclic) bond motifs is 1. The highest BCUT2D eigenvalue weighted by Gasteiger charge is 2.36. The standard InChI is InChI=1S/C21H21ClFN3O4/c1-11(21(28)29)26-10-15-14(20(26)27)7-13(8-17(15)23)19-16(22)9-24-18(25-19)6-12-2-4-30-5-3-12/h7-9,11-12H,2-6,10H2,1H3,(H,28,29)/t11-/m1/s1. The summed E-state index contributed by atoms with van der Waals surface area (Å²) in [6.45, 7) is 2.75. The minimum atomic E-state index is -1.15. The van der Waals surface area contributed by atoms with E-state index in [9.17, 15) is 19.1 Å². The Hall–Kier alpha value is -2.58. The van der Waals surface area contributed by atoms with Crippen LogP contribution in [0.25, 0.3) is 11.3 Å². The minimum absolute atomic E-state index is 0.0831. The fraction of sp³-hybridized carbons (Fsp3) is 0.429. The molecule has 0 radical (unpaired) electrons. The summed E-state index contributed by atoms with van der Waals surface area (Å²) in [5.41, 5.74) is 1.04. The fourth-order valence-corrected chi connectivity index (χ4v) is 4.08. The zero-order valence-corrected chi connectivity index (χ0v) is 17.2. The predicted molar refractivity (Wildman–Crippen MR) is 107 cm³/mol. The van der Waals surface area contributed by atoms with Gasteiger partial charge in [-0.15, -0.1) is 0 Å². The summed E-state index contributed by atoms with van der Waals surface area (Å²) >= 11 is 6.29. The zero-order chi connectivity index (χ0) is 21.4. The molecule has 1 fully saturated rings. The van der Waals surface area contributed by atoms with Crippen molar-refractivity contribution in [2.45, 2.75) is 38.8 Å². The average Bonchev–Trinajstić information content (AvgIpc) is 3.06. The molecule has 4 rings (SSSR count). The number of carboxylic acids is 1. The summed E-state index contributed by atoms with van der Waals surface area (Å²) in [6.07, 6.45) is 4.02. The van der Waals surface area contributed by atoms with Crippen molar-refractivity contribution in [3.8, 4) is 11.3 Å². The van der Waals surface area contributed by atoms with Gasteiger partial charge in [-0.1, -0.05) is 11.6 Å². The van der Waals surface area contributed by atoms with Crippen LogP contribution >= 0.6 is 11.6 Å². The van der Waals surface area contributed by atoms with Crippen LogP contribution in [0.1, 0.15) is 41.5 Å². The lowest BCUT2D eigenvalue weighted by Gasteiger charge is -2.21. The minimum Gasteiger partial charge on any atom is -0.480 e. The topological polar surface area (TPSA) is 92.6 Å². The van der Waals surface area contributed by atoms with Crippen molar-refractivity contribution in [2.24, 2.45) is 5.92 Å². The molecule has 0 saturated carbocycles. The van der Waals surface area contributed by atoms with Crippen LogP contribution in [0, 0.1) is 11.7 Å². The number of ether oxygens (including phenoxy) is 1. The van der Waals surface area contributed by atoms with E-state index in [0.717, 1.165) is 17.7 Å². The molecule has 9 heteroatoms. The molecule has 2 aromatic rings. The van der Waals surface area contributed by atoms with Gasteiger partial charge >= 0.3 is 5.97 Å². The Labute approximate surface area is 177 Å². The van der Waals surface area contributed by atoms with Gasteiger partial charge in [0, 0.05) is 42.5 Å². The van der Waals surface area contributed by atoms with E-state index in [2.05, 4.69) is 9.97 Å². The molecule has 1 aromatic heterocycles. The maximum atomic E-state index is 14.8. The fourth-order valence-electron chi connectivity index (χ4n) is 3.88. The van der Waals surface area contributed by atoms with Gasteiger partial charge in [0.2, 0.25) is 0 Å². The molecule has 1 N–H and O–H groups in total. The number of benzene rings is 1. The number of carbonyl (C=O) groups is 2. The normalized spacial score (nSPS) is 17.8. The smallest absolute Gasteiger partial charge is 0.326 e. The predicted octanol–water partition coefficient (Wildman–Crippen LogP) is 3.33. The summed E-state index contributed by atoms with van der Waals surface area (Å²) in [7, 11) is 0. The monoisotopic (exact) mass is 433 g/mol. The van der Waals surface area contributed by atoms with Crippen LogP contribution < -0.4 is 0 Å². The molecular weight excluding hydrogens is 413 g/mol. The number of rotatable bonds is 5. The van der Waals surface area contributed by atoms with Crippen molar-refractivity contribution in [1.29, 1.82) is 0 Å². The Morgan fingerprint density at radius 2 is 2.13 bits per heavy atom.